The lowest BCUT2D eigenvalue weighted by Crippen LogP contribution is -2.05. The quantitative estimate of drug-likeness (QED) is 0.303. The standard InChI is InChI=1S/C26H23F2N7O3/c1-14(2)24-32-25(17-11-30-35(26(17)33-24)19-7-6-15(27)8-18(19)28)31-22-12-34(13-29-22)16-9-20(36-3)23(38-5)21(10-16)37-4/h6-13H,1H2,2-5H3,(H,31,32,33). The highest BCUT2D eigenvalue weighted by atomic mass is 19.1. The van der Waals surface area contributed by atoms with Crippen LogP contribution in [0.15, 0.2) is 55.6 Å². The summed E-state index contributed by atoms with van der Waals surface area (Å²) < 4.78 is 47.4. The summed E-state index contributed by atoms with van der Waals surface area (Å²) in [5, 5.41) is 7.97. The second kappa shape index (κ2) is 9.81. The first-order chi connectivity index (χ1) is 18.3. The minimum Gasteiger partial charge on any atom is -0.493 e. The number of benzene rings is 2. The van der Waals surface area contributed by atoms with Gasteiger partial charge in [-0.1, -0.05) is 6.58 Å². The Labute approximate surface area is 216 Å². The molecule has 12 heteroatoms. The van der Waals surface area contributed by atoms with Crippen LogP contribution in [0.1, 0.15) is 12.7 Å². The van der Waals surface area contributed by atoms with Gasteiger partial charge in [-0.2, -0.15) is 5.10 Å². The van der Waals surface area contributed by atoms with E-state index in [1.165, 1.54) is 24.1 Å². The number of nitrogens with one attached hydrogen (secondary N) is 1. The molecule has 0 bridgehead atoms. The van der Waals surface area contributed by atoms with E-state index in [0.717, 1.165) is 17.8 Å². The van der Waals surface area contributed by atoms with Crippen LogP contribution in [-0.4, -0.2) is 50.6 Å². The molecule has 0 fully saturated rings. The number of ether oxygens (including phenoxy) is 3. The Hall–Kier alpha value is -5.00. The molecular formula is C26H23F2N7O3. The highest BCUT2D eigenvalue weighted by Crippen LogP contribution is 2.39. The number of fused-ring (bicyclic) bond motifs is 1. The summed E-state index contributed by atoms with van der Waals surface area (Å²) >= 11 is 0. The molecule has 3 aromatic heterocycles. The van der Waals surface area contributed by atoms with Crippen LogP contribution in [0.25, 0.3) is 28.0 Å². The summed E-state index contributed by atoms with van der Waals surface area (Å²) in [5.41, 5.74) is 1.67. The number of nitrogens with zero attached hydrogens (tertiary/aromatic N) is 6. The lowest BCUT2D eigenvalue weighted by molar-refractivity contribution is 0.324. The van der Waals surface area contributed by atoms with Gasteiger partial charge in [0.2, 0.25) is 5.75 Å². The smallest absolute Gasteiger partial charge is 0.203 e. The van der Waals surface area contributed by atoms with E-state index in [1.54, 1.807) is 50.4 Å². The predicted octanol–water partition coefficient (Wildman–Crippen LogP) is 5.08. The maximum Gasteiger partial charge on any atom is 0.203 e. The number of anilines is 2. The second-order valence-electron chi connectivity index (χ2n) is 8.24. The molecule has 0 saturated heterocycles. The Morgan fingerprint density at radius 3 is 2.37 bits per heavy atom. The van der Waals surface area contributed by atoms with Gasteiger partial charge in [0, 0.05) is 18.2 Å². The zero-order valence-corrected chi connectivity index (χ0v) is 21.0. The number of allylic oxidation sites excluding steroid dienone is 1. The summed E-state index contributed by atoms with van der Waals surface area (Å²) in [5.74, 6) is 1.18. The zero-order valence-electron chi connectivity index (χ0n) is 21.0. The summed E-state index contributed by atoms with van der Waals surface area (Å²) in [7, 11) is 4.62. The van der Waals surface area contributed by atoms with E-state index in [0.29, 0.717) is 51.3 Å². The number of halogens is 2. The molecule has 0 atom stereocenters. The van der Waals surface area contributed by atoms with E-state index in [-0.39, 0.29) is 5.69 Å². The molecule has 0 aliphatic rings. The van der Waals surface area contributed by atoms with Crippen LogP contribution in [0.5, 0.6) is 17.2 Å². The first kappa shape index (κ1) is 24.7. The Balaban J connectivity index is 1.56. The molecule has 1 N–H and O–H groups in total. The molecule has 0 spiro atoms. The maximum absolute atomic E-state index is 14.6. The molecule has 0 aliphatic heterocycles. The van der Waals surface area contributed by atoms with Crippen molar-refractivity contribution in [3.05, 3.63) is 73.1 Å². The second-order valence-corrected chi connectivity index (χ2v) is 8.24. The van der Waals surface area contributed by atoms with Crippen LogP contribution in [0, 0.1) is 11.6 Å². The van der Waals surface area contributed by atoms with E-state index in [2.05, 4.69) is 31.9 Å². The zero-order chi connectivity index (χ0) is 27.0. The number of methoxy groups -OCH3 is 3. The SMILES string of the molecule is C=C(C)c1nc(Nc2cn(-c3cc(OC)c(OC)c(OC)c3)cn2)c2cnn(-c3ccc(F)cc3F)c2n1. The minimum atomic E-state index is -0.774. The molecule has 2 aromatic carbocycles. The Bertz CT molecular complexity index is 1650. The third-order valence-electron chi connectivity index (χ3n) is 5.72. The molecule has 10 nitrogen and oxygen atoms in total. The predicted molar refractivity (Wildman–Crippen MR) is 138 cm³/mol. The van der Waals surface area contributed by atoms with E-state index >= 15 is 0 Å². The van der Waals surface area contributed by atoms with Crippen molar-refractivity contribution in [2.75, 3.05) is 26.6 Å². The van der Waals surface area contributed by atoms with Crippen molar-refractivity contribution in [3.8, 4) is 28.6 Å². The van der Waals surface area contributed by atoms with Gasteiger partial charge in [0.15, 0.2) is 28.8 Å². The van der Waals surface area contributed by atoms with Crippen LogP contribution in [0.2, 0.25) is 0 Å². The monoisotopic (exact) mass is 519 g/mol. The summed E-state index contributed by atoms with van der Waals surface area (Å²) in [6, 6.07) is 6.82. The van der Waals surface area contributed by atoms with Crippen LogP contribution >= 0.6 is 0 Å². The fraction of sp³-hybridized carbons (Fsp3) is 0.154. The molecular weight excluding hydrogens is 496 g/mol. The highest BCUT2D eigenvalue weighted by Gasteiger charge is 2.19. The van der Waals surface area contributed by atoms with Crippen LogP contribution in [-0.2, 0) is 0 Å². The van der Waals surface area contributed by atoms with Crippen LogP contribution < -0.4 is 19.5 Å². The van der Waals surface area contributed by atoms with Crippen LogP contribution in [0.4, 0.5) is 20.4 Å². The number of aromatic nitrogens is 6. The third-order valence-corrected chi connectivity index (χ3v) is 5.72. The summed E-state index contributed by atoms with van der Waals surface area (Å²) in [6.07, 6.45) is 4.86. The van der Waals surface area contributed by atoms with Gasteiger partial charge < -0.3 is 24.1 Å². The molecule has 3 heterocycles. The van der Waals surface area contributed by atoms with Gasteiger partial charge in [0.25, 0.3) is 0 Å². The van der Waals surface area contributed by atoms with Gasteiger partial charge in [-0.15, -0.1) is 0 Å². The summed E-state index contributed by atoms with van der Waals surface area (Å²) in [6.45, 7) is 5.68. The van der Waals surface area contributed by atoms with Crippen LogP contribution in [0.3, 0.4) is 0 Å². The van der Waals surface area contributed by atoms with Gasteiger partial charge >= 0.3 is 0 Å². The number of imidazole rings is 1. The fourth-order valence-electron chi connectivity index (χ4n) is 3.89. The van der Waals surface area contributed by atoms with Crippen molar-refractivity contribution in [2.24, 2.45) is 0 Å². The molecule has 0 radical (unpaired) electrons. The normalized spacial score (nSPS) is 11.0. The third kappa shape index (κ3) is 4.36. The minimum absolute atomic E-state index is 0.0467. The van der Waals surface area contributed by atoms with E-state index in [9.17, 15) is 8.78 Å². The Morgan fingerprint density at radius 1 is 1.00 bits per heavy atom. The van der Waals surface area contributed by atoms with Crippen molar-refractivity contribution >= 4 is 28.2 Å². The van der Waals surface area contributed by atoms with Crippen molar-refractivity contribution in [2.45, 2.75) is 6.92 Å². The average Bonchev–Trinajstić information content (AvgIpc) is 3.55. The van der Waals surface area contributed by atoms with Crippen molar-refractivity contribution in [1.82, 2.24) is 29.3 Å². The number of hydrogen-bond donors (Lipinski definition) is 1. The summed E-state index contributed by atoms with van der Waals surface area (Å²) in [4.78, 5) is 13.5. The molecule has 5 aromatic rings. The maximum atomic E-state index is 14.6. The molecule has 0 saturated carbocycles. The molecule has 0 unspecified atom stereocenters. The largest absolute Gasteiger partial charge is 0.493 e. The molecule has 38 heavy (non-hydrogen) atoms. The molecule has 194 valence electrons. The van der Waals surface area contributed by atoms with Crippen molar-refractivity contribution in [3.63, 3.8) is 0 Å². The van der Waals surface area contributed by atoms with Crippen molar-refractivity contribution in [1.29, 1.82) is 0 Å². The number of rotatable bonds is 8. The highest BCUT2D eigenvalue weighted by molar-refractivity contribution is 5.90. The van der Waals surface area contributed by atoms with Gasteiger partial charge in [-0.25, -0.2) is 28.4 Å². The average molecular weight is 520 g/mol. The lowest BCUT2D eigenvalue weighted by Gasteiger charge is -2.14. The Kier molecular flexibility index (Phi) is 6.37. The van der Waals surface area contributed by atoms with Gasteiger partial charge in [0.1, 0.15) is 29.5 Å². The topological polar surface area (TPSA) is 101 Å². The fourth-order valence-corrected chi connectivity index (χ4v) is 3.89. The first-order valence-corrected chi connectivity index (χ1v) is 11.3. The van der Waals surface area contributed by atoms with Gasteiger partial charge in [-0.3, -0.25) is 0 Å². The number of hydrogen-bond acceptors (Lipinski definition) is 8. The Morgan fingerprint density at radius 2 is 1.74 bits per heavy atom. The van der Waals surface area contributed by atoms with Gasteiger partial charge in [-0.05, 0) is 24.6 Å². The molecule has 5 rings (SSSR count). The van der Waals surface area contributed by atoms with Gasteiger partial charge in [0.05, 0.1) is 44.8 Å². The lowest BCUT2D eigenvalue weighted by atomic mass is 10.2. The van der Waals surface area contributed by atoms with E-state index in [1.807, 2.05) is 0 Å². The molecule has 0 aliphatic carbocycles. The molecule has 0 amide bonds. The van der Waals surface area contributed by atoms with E-state index < -0.39 is 11.6 Å². The van der Waals surface area contributed by atoms with Crippen molar-refractivity contribution < 1.29 is 23.0 Å². The first-order valence-electron chi connectivity index (χ1n) is 11.3. The van der Waals surface area contributed by atoms with E-state index in [4.69, 9.17) is 14.2 Å².